The maximum Gasteiger partial charge on any atom is 0.278 e. The zero-order chi connectivity index (χ0) is 17.1. The summed E-state index contributed by atoms with van der Waals surface area (Å²) in [6.07, 6.45) is 0. The van der Waals surface area contributed by atoms with Crippen molar-refractivity contribution in [3.63, 3.8) is 0 Å². The molecule has 3 rings (SSSR count). The molecule has 24 heavy (non-hydrogen) atoms. The largest absolute Gasteiger partial charge is 0.320 e. The molecular formula is C18H17ClN4O. The summed E-state index contributed by atoms with van der Waals surface area (Å²) in [5.41, 5.74) is 3.62. The predicted molar refractivity (Wildman–Crippen MR) is 94.4 cm³/mol. The number of rotatable bonds is 4. The van der Waals surface area contributed by atoms with Gasteiger partial charge in [-0.15, -0.1) is 5.10 Å². The summed E-state index contributed by atoms with van der Waals surface area (Å²) >= 11 is 6.09. The summed E-state index contributed by atoms with van der Waals surface area (Å²) in [6, 6.07) is 15.3. The van der Waals surface area contributed by atoms with Gasteiger partial charge in [0.2, 0.25) is 0 Å². The third-order valence-corrected chi connectivity index (χ3v) is 4.30. The van der Waals surface area contributed by atoms with Crippen molar-refractivity contribution in [3.8, 4) is 0 Å². The Bertz CT molecular complexity index is 874. The molecule has 1 heterocycles. The van der Waals surface area contributed by atoms with Crippen LogP contribution >= 0.6 is 11.6 Å². The van der Waals surface area contributed by atoms with Gasteiger partial charge in [0.05, 0.1) is 12.2 Å². The standard InChI is InChI=1S/C18H17ClN4O/c1-12-15(19)9-6-10-16(12)20-18(24)17-13(2)23(22-21-17)11-14-7-4-3-5-8-14/h3-10H,11H2,1-2H3,(H,20,24). The first kappa shape index (κ1) is 16.2. The SMILES string of the molecule is Cc1c(Cl)cccc1NC(=O)c1nnn(Cc2ccccc2)c1C. The average molecular weight is 341 g/mol. The van der Waals surface area contributed by atoms with Crippen molar-refractivity contribution in [2.45, 2.75) is 20.4 Å². The molecule has 0 aliphatic rings. The first-order valence-corrected chi connectivity index (χ1v) is 7.94. The van der Waals surface area contributed by atoms with Crippen molar-refractivity contribution in [1.29, 1.82) is 0 Å². The molecule has 0 unspecified atom stereocenters. The van der Waals surface area contributed by atoms with E-state index in [9.17, 15) is 4.79 Å². The van der Waals surface area contributed by atoms with E-state index in [4.69, 9.17) is 11.6 Å². The number of carbonyl (C=O) groups excluding carboxylic acids is 1. The summed E-state index contributed by atoms with van der Waals surface area (Å²) in [5.74, 6) is -0.294. The summed E-state index contributed by atoms with van der Waals surface area (Å²) < 4.78 is 1.72. The van der Waals surface area contributed by atoms with Crippen molar-refractivity contribution in [3.05, 3.63) is 76.1 Å². The second-order valence-electron chi connectivity index (χ2n) is 5.53. The van der Waals surface area contributed by atoms with Crippen molar-refractivity contribution in [1.82, 2.24) is 15.0 Å². The smallest absolute Gasteiger partial charge is 0.278 e. The summed E-state index contributed by atoms with van der Waals surface area (Å²) in [4.78, 5) is 12.5. The molecule has 6 heteroatoms. The number of halogens is 1. The highest BCUT2D eigenvalue weighted by molar-refractivity contribution is 6.31. The first-order chi connectivity index (χ1) is 11.6. The highest BCUT2D eigenvalue weighted by Gasteiger charge is 2.17. The Morgan fingerprint density at radius 3 is 2.62 bits per heavy atom. The van der Waals surface area contributed by atoms with Crippen LogP contribution in [-0.2, 0) is 6.54 Å². The Hall–Kier alpha value is -2.66. The van der Waals surface area contributed by atoms with Crippen molar-refractivity contribution < 1.29 is 4.79 Å². The molecule has 5 nitrogen and oxygen atoms in total. The fraction of sp³-hybridized carbons (Fsp3) is 0.167. The van der Waals surface area contributed by atoms with Crippen LogP contribution in [0, 0.1) is 13.8 Å². The van der Waals surface area contributed by atoms with E-state index in [0.717, 1.165) is 16.8 Å². The number of hydrogen-bond acceptors (Lipinski definition) is 3. The quantitative estimate of drug-likeness (QED) is 0.784. The van der Waals surface area contributed by atoms with E-state index in [-0.39, 0.29) is 5.91 Å². The molecule has 1 aromatic heterocycles. The topological polar surface area (TPSA) is 59.8 Å². The van der Waals surface area contributed by atoms with E-state index in [2.05, 4.69) is 15.6 Å². The van der Waals surface area contributed by atoms with Gasteiger partial charge >= 0.3 is 0 Å². The molecule has 0 spiro atoms. The normalized spacial score (nSPS) is 10.6. The maximum atomic E-state index is 12.5. The minimum atomic E-state index is -0.294. The molecule has 0 aliphatic heterocycles. The molecule has 122 valence electrons. The van der Waals surface area contributed by atoms with Crippen LogP contribution in [0.3, 0.4) is 0 Å². The number of benzene rings is 2. The van der Waals surface area contributed by atoms with Gasteiger partial charge in [0.25, 0.3) is 5.91 Å². The van der Waals surface area contributed by atoms with Crippen LogP contribution in [0.4, 0.5) is 5.69 Å². The second-order valence-corrected chi connectivity index (χ2v) is 5.94. The highest BCUT2D eigenvalue weighted by atomic mass is 35.5. The van der Waals surface area contributed by atoms with E-state index >= 15 is 0 Å². The van der Waals surface area contributed by atoms with Crippen LogP contribution in [0.2, 0.25) is 5.02 Å². The molecule has 0 aliphatic carbocycles. The third-order valence-electron chi connectivity index (χ3n) is 3.89. The molecular weight excluding hydrogens is 324 g/mol. The van der Waals surface area contributed by atoms with Gasteiger partial charge in [0.15, 0.2) is 5.69 Å². The Labute approximate surface area is 145 Å². The van der Waals surface area contributed by atoms with Crippen LogP contribution in [0.15, 0.2) is 48.5 Å². The van der Waals surface area contributed by atoms with Crippen molar-refractivity contribution in [2.24, 2.45) is 0 Å². The maximum absolute atomic E-state index is 12.5. The van der Waals surface area contributed by atoms with Gasteiger partial charge in [-0.25, -0.2) is 4.68 Å². The lowest BCUT2D eigenvalue weighted by atomic mass is 10.2. The van der Waals surface area contributed by atoms with Crippen LogP contribution in [-0.4, -0.2) is 20.9 Å². The van der Waals surface area contributed by atoms with Gasteiger partial charge in [-0.1, -0.05) is 53.2 Å². The van der Waals surface area contributed by atoms with Crippen molar-refractivity contribution >= 4 is 23.2 Å². The van der Waals surface area contributed by atoms with Crippen molar-refractivity contribution in [2.75, 3.05) is 5.32 Å². The highest BCUT2D eigenvalue weighted by Crippen LogP contribution is 2.23. The molecule has 2 aromatic carbocycles. The van der Waals surface area contributed by atoms with Gasteiger partial charge in [-0.05, 0) is 37.1 Å². The Balaban J connectivity index is 1.80. The Morgan fingerprint density at radius 2 is 1.88 bits per heavy atom. The lowest BCUT2D eigenvalue weighted by Crippen LogP contribution is -2.15. The summed E-state index contributed by atoms with van der Waals surface area (Å²) in [5, 5.41) is 11.6. The summed E-state index contributed by atoms with van der Waals surface area (Å²) in [6.45, 7) is 4.27. The number of amides is 1. The molecule has 3 aromatic rings. The number of hydrogen-bond donors (Lipinski definition) is 1. The minimum Gasteiger partial charge on any atom is -0.320 e. The number of nitrogens with one attached hydrogen (secondary N) is 1. The predicted octanol–water partition coefficient (Wildman–Crippen LogP) is 3.85. The van der Waals surface area contributed by atoms with E-state index in [1.165, 1.54) is 0 Å². The number of carbonyl (C=O) groups is 1. The molecule has 0 atom stereocenters. The van der Waals surface area contributed by atoms with Crippen LogP contribution in [0.1, 0.15) is 27.3 Å². The molecule has 1 amide bonds. The van der Waals surface area contributed by atoms with Crippen LogP contribution in [0.5, 0.6) is 0 Å². The Morgan fingerprint density at radius 1 is 1.12 bits per heavy atom. The number of nitrogens with zero attached hydrogens (tertiary/aromatic N) is 3. The fourth-order valence-electron chi connectivity index (χ4n) is 2.40. The fourth-order valence-corrected chi connectivity index (χ4v) is 2.58. The minimum absolute atomic E-state index is 0.294. The number of aromatic nitrogens is 3. The molecule has 0 saturated heterocycles. The van der Waals surface area contributed by atoms with Crippen LogP contribution < -0.4 is 5.32 Å². The average Bonchev–Trinajstić information content (AvgIpc) is 2.94. The van der Waals surface area contributed by atoms with Gasteiger partial charge in [-0.2, -0.15) is 0 Å². The van der Waals surface area contributed by atoms with E-state index in [1.807, 2.05) is 50.2 Å². The Kier molecular flexibility index (Phi) is 4.62. The molecule has 0 fully saturated rings. The van der Waals surface area contributed by atoms with Gasteiger partial charge in [0.1, 0.15) is 0 Å². The summed E-state index contributed by atoms with van der Waals surface area (Å²) in [7, 11) is 0. The van der Waals surface area contributed by atoms with E-state index in [0.29, 0.717) is 22.9 Å². The molecule has 0 saturated carbocycles. The van der Waals surface area contributed by atoms with E-state index < -0.39 is 0 Å². The monoisotopic (exact) mass is 340 g/mol. The van der Waals surface area contributed by atoms with Gasteiger partial charge < -0.3 is 5.32 Å². The first-order valence-electron chi connectivity index (χ1n) is 7.56. The van der Waals surface area contributed by atoms with Gasteiger partial charge in [0, 0.05) is 10.7 Å². The molecule has 0 radical (unpaired) electrons. The molecule has 1 N–H and O–H groups in total. The third kappa shape index (κ3) is 3.31. The van der Waals surface area contributed by atoms with Crippen LogP contribution in [0.25, 0.3) is 0 Å². The lowest BCUT2D eigenvalue weighted by Gasteiger charge is -2.08. The molecule has 0 bridgehead atoms. The zero-order valence-electron chi connectivity index (χ0n) is 13.5. The zero-order valence-corrected chi connectivity index (χ0v) is 14.2. The number of anilines is 1. The lowest BCUT2D eigenvalue weighted by molar-refractivity contribution is 0.102. The second kappa shape index (κ2) is 6.84. The van der Waals surface area contributed by atoms with E-state index in [1.54, 1.807) is 16.8 Å². The van der Waals surface area contributed by atoms with Gasteiger partial charge in [-0.3, -0.25) is 4.79 Å².